The van der Waals surface area contributed by atoms with Crippen LogP contribution in [0.2, 0.25) is 0 Å². The third-order valence-electron chi connectivity index (χ3n) is 5.88. The standard InChI is InChI=1S/C24H23F4N3O2/c1-15(32)13-30-6-7-31(23(33)16-8-18(24(26,27)28)11-19(25)9-16)20(14-30)10-17-12-29-22-5-3-2-4-21(17)22/h2-5,8-9,11-12,20,29H,6-7,10,13-14H2,1H3/t20-/m1/s1. The summed E-state index contributed by atoms with van der Waals surface area (Å²) in [5, 5.41) is 0.985. The summed E-state index contributed by atoms with van der Waals surface area (Å²) in [6, 6.07) is 9.18. The van der Waals surface area contributed by atoms with E-state index in [4.69, 9.17) is 0 Å². The second kappa shape index (κ2) is 8.97. The number of benzene rings is 2. The van der Waals surface area contributed by atoms with Crippen molar-refractivity contribution >= 4 is 22.6 Å². The van der Waals surface area contributed by atoms with Crippen LogP contribution in [0.25, 0.3) is 10.9 Å². The zero-order valence-corrected chi connectivity index (χ0v) is 18.0. The average molecular weight is 461 g/mol. The number of halogens is 4. The van der Waals surface area contributed by atoms with E-state index in [0.29, 0.717) is 31.6 Å². The summed E-state index contributed by atoms with van der Waals surface area (Å²) in [4.78, 5) is 31.5. The number of hydrogen-bond acceptors (Lipinski definition) is 3. The second-order valence-electron chi connectivity index (χ2n) is 8.38. The van der Waals surface area contributed by atoms with E-state index >= 15 is 0 Å². The van der Waals surface area contributed by atoms with Crippen molar-refractivity contribution < 1.29 is 27.2 Å². The van der Waals surface area contributed by atoms with Crippen LogP contribution in [0.1, 0.15) is 28.4 Å². The lowest BCUT2D eigenvalue weighted by atomic mass is 9.99. The summed E-state index contributed by atoms with van der Waals surface area (Å²) < 4.78 is 53.5. The van der Waals surface area contributed by atoms with Gasteiger partial charge in [-0.3, -0.25) is 14.5 Å². The highest BCUT2D eigenvalue weighted by Crippen LogP contribution is 2.31. The fourth-order valence-corrected chi connectivity index (χ4v) is 4.42. The first-order valence-electron chi connectivity index (χ1n) is 10.6. The summed E-state index contributed by atoms with van der Waals surface area (Å²) in [6.45, 7) is 2.71. The van der Waals surface area contributed by atoms with Crippen molar-refractivity contribution in [3.8, 4) is 0 Å². The molecule has 2 heterocycles. The molecule has 3 aromatic rings. The van der Waals surface area contributed by atoms with Crippen LogP contribution in [0, 0.1) is 5.82 Å². The van der Waals surface area contributed by atoms with Crippen LogP contribution in [0.3, 0.4) is 0 Å². The number of carbonyl (C=O) groups is 2. The number of Topliss-reactive ketones (excluding diaryl/α,β-unsaturated/α-hetero) is 1. The number of piperazine rings is 1. The molecule has 2 aromatic carbocycles. The molecular weight excluding hydrogens is 438 g/mol. The normalized spacial score (nSPS) is 17.5. The first kappa shape index (κ1) is 23.0. The highest BCUT2D eigenvalue weighted by Gasteiger charge is 2.35. The molecule has 1 aliphatic heterocycles. The quantitative estimate of drug-likeness (QED) is 0.577. The Labute approximate surface area is 188 Å². The molecule has 0 radical (unpaired) electrons. The fraction of sp³-hybridized carbons (Fsp3) is 0.333. The van der Waals surface area contributed by atoms with E-state index in [0.717, 1.165) is 22.5 Å². The van der Waals surface area contributed by atoms with E-state index in [2.05, 4.69) is 4.98 Å². The molecular formula is C24H23F4N3O2. The third-order valence-corrected chi connectivity index (χ3v) is 5.88. The van der Waals surface area contributed by atoms with Gasteiger partial charge in [0.25, 0.3) is 5.91 Å². The predicted octanol–water partition coefficient (Wildman–Crippen LogP) is 4.28. The van der Waals surface area contributed by atoms with Crippen LogP contribution in [0.5, 0.6) is 0 Å². The Morgan fingerprint density at radius 3 is 2.61 bits per heavy atom. The Kier molecular flexibility index (Phi) is 6.25. The zero-order valence-electron chi connectivity index (χ0n) is 18.0. The molecule has 9 heteroatoms. The number of aromatic amines is 1. The zero-order chi connectivity index (χ0) is 23.8. The van der Waals surface area contributed by atoms with Crippen LogP contribution in [-0.2, 0) is 17.4 Å². The molecule has 1 aromatic heterocycles. The van der Waals surface area contributed by atoms with Crippen molar-refractivity contribution in [1.82, 2.24) is 14.8 Å². The summed E-state index contributed by atoms with van der Waals surface area (Å²) in [6.07, 6.45) is -2.48. The second-order valence-corrected chi connectivity index (χ2v) is 8.38. The number of carbonyl (C=O) groups excluding carboxylic acids is 2. The number of rotatable bonds is 5. The summed E-state index contributed by atoms with van der Waals surface area (Å²) in [5.74, 6) is -1.79. The molecule has 0 aliphatic carbocycles. The smallest absolute Gasteiger partial charge is 0.361 e. The molecule has 1 aliphatic rings. The van der Waals surface area contributed by atoms with E-state index < -0.39 is 29.5 Å². The van der Waals surface area contributed by atoms with Crippen LogP contribution < -0.4 is 0 Å². The number of nitrogens with one attached hydrogen (secondary N) is 1. The minimum Gasteiger partial charge on any atom is -0.361 e. The van der Waals surface area contributed by atoms with Crippen LogP contribution in [0.4, 0.5) is 17.6 Å². The Bertz CT molecular complexity index is 1190. The Hall–Kier alpha value is -3.20. The number of nitrogens with zero attached hydrogens (tertiary/aromatic N) is 2. The highest BCUT2D eigenvalue weighted by molar-refractivity contribution is 5.95. The van der Waals surface area contributed by atoms with Gasteiger partial charge in [0.15, 0.2) is 0 Å². The van der Waals surface area contributed by atoms with Gasteiger partial charge in [-0.2, -0.15) is 13.2 Å². The molecule has 1 amide bonds. The van der Waals surface area contributed by atoms with Crippen molar-refractivity contribution in [1.29, 1.82) is 0 Å². The minimum absolute atomic E-state index is 0.0134. The van der Waals surface area contributed by atoms with Gasteiger partial charge in [-0.15, -0.1) is 0 Å². The van der Waals surface area contributed by atoms with E-state index in [1.165, 1.54) is 11.8 Å². The first-order chi connectivity index (χ1) is 15.6. The molecule has 174 valence electrons. The number of aromatic nitrogens is 1. The van der Waals surface area contributed by atoms with Crippen molar-refractivity contribution in [3.63, 3.8) is 0 Å². The van der Waals surface area contributed by atoms with Crippen LogP contribution >= 0.6 is 0 Å². The lowest BCUT2D eigenvalue weighted by molar-refractivity contribution is -0.137. The average Bonchev–Trinajstić information content (AvgIpc) is 3.15. The number of alkyl halides is 3. The lowest BCUT2D eigenvalue weighted by Gasteiger charge is -2.41. The van der Waals surface area contributed by atoms with E-state index in [1.807, 2.05) is 35.4 Å². The predicted molar refractivity (Wildman–Crippen MR) is 115 cm³/mol. The number of amides is 1. The fourth-order valence-electron chi connectivity index (χ4n) is 4.42. The largest absolute Gasteiger partial charge is 0.416 e. The van der Waals surface area contributed by atoms with Crippen molar-refractivity contribution in [2.24, 2.45) is 0 Å². The van der Waals surface area contributed by atoms with Gasteiger partial charge in [-0.05, 0) is 43.2 Å². The maximum Gasteiger partial charge on any atom is 0.416 e. The van der Waals surface area contributed by atoms with E-state index in [9.17, 15) is 27.2 Å². The van der Waals surface area contributed by atoms with Gasteiger partial charge in [-0.25, -0.2) is 4.39 Å². The van der Waals surface area contributed by atoms with Crippen LogP contribution in [-0.4, -0.2) is 58.7 Å². The molecule has 1 saturated heterocycles. The summed E-state index contributed by atoms with van der Waals surface area (Å²) in [5.41, 5.74) is 0.343. The molecule has 33 heavy (non-hydrogen) atoms. The molecule has 5 nitrogen and oxygen atoms in total. The Morgan fingerprint density at radius 2 is 1.88 bits per heavy atom. The van der Waals surface area contributed by atoms with Crippen molar-refractivity contribution in [2.75, 3.05) is 26.2 Å². The van der Waals surface area contributed by atoms with Gasteiger partial charge in [0.05, 0.1) is 12.1 Å². The SMILES string of the molecule is CC(=O)CN1CCN(C(=O)c2cc(F)cc(C(F)(F)F)c2)[C@H](Cc2c[nH]c3ccccc23)C1. The number of fused-ring (bicyclic) bond motifs is 1. The molecule has 4 rings (SSSR count). The van der Waals surface area contributed by atoms with Gasteiger partial charge in [0, 0.05) is 48.3 Å². The lowest BCUT2D eigenvalue weighted by Crippen LogP contribution is -2.56. The van der Waals surface area contributed by atoms with Crippen molar-refractivity contribution in [3.05, 3.63) is 71.2 Å². The van der Waals surface area contributed by atoms with Gasteiger partial charge in [-0.1, -0.05) is 18.2 Å². The highest BCUT2D eigenvalue weighted by atomic mass is 19.4. The van der Waals surface area contributed by atoms with E-state index in [1.54, 1.807) is 0 Å². The van der Waals surface area contributed by atoms with Crippen molar-refractivity contribution in [2.45, 2.75) is 25.6 Å². The Morgan fingerprint density at radius 1 is 1.12 bits per heavy atom. The molecule has 0 bridgehead atoms. The van der Waals surface area contributed by atoms with Gasteiger partial charge >= 0.3 is 6.18 Å². The minimum atomic E-state index is -4.76. The monoisotopic (exact) mass is 461 g/mol. The topological polar surface area (TPSA) is 56.4 Å². The maximum atomic E-state index is 13.9. The molecule has 1 N–H and O–H groups in total. The van der Waals surface area contributed by atoms with Crippen LogP contribution in [0.15, 0.2) is 48.7 Å². The maximum absolute atomic E-state index is 13.9. The number of ketones is 1. The summed E-state index contributed by atoms with van der Waals surface area (Å²) in [7, 11) is 0. The Balaban J connectivity index is 1.65. The first-order valence-corrected chi connectivity index (χ1v) is 10.6. The van der Waals surface area contributed by atoms with Gasteiger partial charge < -0.3 is 9.88 Å². The van der Waals surface area contributed by atoms with Gasteiger partial charge in [0.2, 0.25) is 0 Å². The molecule has 0 spiro atoms. The molecule has 1 fully saturated rings. The molecule has 1 atom stereocenters. The molecule has 0 unspecified atom stereocenters. The summed E-state index contributed by atoms with van der Waals surface area (Å²) >= 11 is 0. The molecule has 0 saturated carbocycles. The van der Waals surface area contributed by atoms with Gasteiger partial charge in [0.1, 0.15) is 11.6 Å². The number of H-pyrrole nitrogens is 1. The van der Waals surface area contributed by atoms with E-state index in [-0.39, 0.29) is 24.4 Å². The third kappa shape index (κ3) is 5.08. The number of para-hydroxylation sites is 1. The number of hydrogen-bond donors (Lipinski definition) is 1.